The second-order valence-corrected chi connectivity index (χ2v) is 4.46. The van der Waals surface area contributed by atoms with E-state index in [0.29, 0.717) is 40.9 Å². The van der Waals surface area contributed by atoms with Crippen LogP contribution in [0.2, 0.25) is 5.02 Å². The van der Waals surface area contributed by atoms with Crippen molar-refractivity contribution in [1.29, 1.82) is 0 Å². The largest absolute Gasteiger partial charge is 0.486 e. The van der Waals surface area contributed by atoms with Crippen molar-refractivity contribution < 1.29 is 24.1 Å². The molecule has 0 aliphatic carbocycles. The zero-order chi connectivity index (χ0) is 14.0. The molecule has 0 saturated heterocycles. The van der Waals surface area contributed by atoms with Gasteiger partial charge >= 0.3 is 5.97 Å². The SMILES string of the molecule is CCOC(=O)C(O)c1cc2c(c(Cl)c1C)OCCO2. The lowest BCUT2D eigenvalue weighted by molar-refractivity contribution is -0.153. The highest BCUT2D eigenvalue weighted by Crippen LogP contribution is 2.42. The van der Waals surface area contributed by atoms with Gasteiger partial charge in [0.1, 0.15) is 13.2 Å². The van der Waals surface area contributed by atoms with Crippen LogP contribution in [0.5, 0.6) is 11.5 Å². The van der Waals surface area contributed by atoms with Crippen molar-refractivity contribution in [2.75, 3.05) is 19.8 Å². The van der Waals surface area contributed by atoms with Crippen LogP contribution in [0, 0.1) is 6.92 Å². The van der Waals surface area contributed by atoms with Crippen LogP contribution in [-0.4, -0.2) is 30.9 Å². The molecule has 1 N–H and O–H groups in total. The predicted molar refractivity (Wildman–Crippen MR) is 68.8 cm³/mol. The number of rotatable bonds is 3. The predicted octanol–water partition coefficient (Wildman–Crippen LogP) is 2.02. The highest BCUT2D eigenvalue weighted by atomic mass is 35.5. The van der Waals surface area contributed by atoms with Gasteiger partial charge in [-0.1, -0.05) is 11.6 Å². The molecular formula is C13H15ClO5. The van der Waals surface area contributed by atoms with Gasteiger partial charge in [0, 0.05) is 5.56 Å². The Labute approximate surface area is 116 Å². The van der Waals surface area contributed by atoms with Gasteiger partial charge in [0.25, 0.3) is 0 Å². The topological polar surface area (TPSA) is 65.0 Å². The van der Waals surface area contributed by atoms with Gasteiger partial charge in [-0.05, 0) is 25.5 Å². The summed E-state index contributed by atoms with van der Waals surface area (Å²) >= 11 is 6.17. The van der Waals surface area contributed by atoms with Crippen molar-refractivity contribution >= 4 is 17.6 Å². The van der Waals surface area contributed by atoms with Gasteiger partial charge in [0.05, 0.1) is 11.6 Å². The first-order valence-corrected chi connectivity index (χ1v) is 6.37. The summed E-state index contributed by atoms with van der Waals surface area (Å²) in [5.41, 5.74) is 0.944. The van der Waals surface area contributed by atoms with Gasteiger partial charge in [-0.25, -0.2) is 4.79 Å². The number of hydrogen-bond donors (Lipinski definition) is 1. The number of esters is 1. The molecule has 6 heteroatoms. The van der Waals surface area contributed by atoms with Crippen molar-refractivity contribution in [3.8, 4) is 11.5 Å². The van der Waals surface area contributed by atoms with Gasteiger partial charge < -0.3 is 19.3 Å². The van der Waals surface area contributed by atoms with E-state index in [1.54, 1.807) is 19.9 Å². The van der Waals surface area contributed by atoms with E-state index < -0.39 is 12.1 Å². The van der Waals surface area contributed by atoms with Gasteiger partial charge in [0.15, 0.2) is 17.6 Å². The summed E-state index contributed by atoms with van der Waals surface area (Å²) in [7, 11) is 0. The maximum Gasteiger partial charge on any atom is 0.339 e. The van der Waals surface area contributed by atoms with Gasteiger partial charge in [-0.2, -0.15) is 0 Å². The third-order valence-corrected chi connectivity index (χ3v) is 3.32. The fraction of sp³-hybridized carbons (Fsp3) is 0.462. The summed E-state index contributed by atoms with van der Waals surface area (Å²) < 4.78 is 15.6. The molecule has 104 valence electrons. The minimum Gasteiger partial charge on any atom is -0.486 e. The minimum atomic E-state index is -1.38. The molecule has 1 unspecified atom stereocenters. The van der Waals surface area contributed by atoms with Crippen LogP contribution in [0.25, 0.3) is 0 Å². The van der Waals surface area contributed by atoms with Crippen molar-refractivity contribution in [2.24, 2.45) is 0 Å². The summed E-state index contributed by atoms with van der Waals surface area (Å²) in [6.07, 6.45) is -1.38. The lowest BCUT2D eigenvalue weighted by atomic mass is 10.0. The molecule has 19 heavy (non-hydrogen) atoms. The zero-order valence-electron chi connectivity index (χ0n) is 10.7. The fourth-order valence-corrected chi connectivity index (χ4v) is 2.15. The normalized spacial score (nSPS) is 14.9. The lowest BCUT2D eigenvalue weighted by Gasteiger charge is -2.23. The van der Waals surface area contributed by atoms with E-state index >= 15 is 0 Å². The summed E-state index contributed by atoms with van der Waals surface area (Å²) in [4.78, 5) is 11.6. The second kappa shape index (κ2) is 5.67. The Balaban J connectivity index is 2.41. The minimum absolute atomic E-state index is 0.202. The molecule has 0 spiro atoms. The van der Waals surface area contributed by atoms with Gasteiger partial charge in [-0.15, -0.1) is 0 Å². The summed E-state index contributed by atoms with van der Waals surface area (Å²) in [5, 5.41) is 10.3. The van der Waals surface area contributed by atoms with Gasteiger partial charge in [-0.3, -0.25) is 0 Å². The van der Waals surface area contributed by atoms with E-state index in [0.717, 1.165) is 0 Å². The van der Waals surface area contributed by atoms with E-state index in [9.17, 15) is 9.90 Å². The summed E-state index contributed by atoms with van der Waals surface area (Å²) in [5.74, 6) is 0.170. The van der Waals surface area contributed by atoms with Crippen LogP contribution in [0.15, 0.2) is 6.07 Å². The average Bonchev–Trinajstić information content (AvgIpc) is 2.42. The molecule has 1 aromatic rings. The van der Waals surface area contributed by atoms with Crippen molar-refractivity contribution in [1.82, 2.24) is 0 Å². The number of ether oxygens (including phenoxy) is 3. The van der Waals surface area contributed by atoms with E-state index in [4.69, 9.17) is 25.8 Å². The molecular weight excluding hydrogens is 272 g/mol. The molecule has 0 amide bonds. The molecule has 0 fully saturated rings. The number of hydrogen-bond acceptors (Lipinski definition) is 5. The Morgan fingerprint density at radius 3 is 2.89 bits per heavy atom. The van der Waals surface area contributed by atoms with Crippen LogP contribution in [0.3, 0.4) is 0 Å². The molecule has 0 radical (unpaired) electrons. The maximum atomic E-state index is 11.6. The third kappa shape index (κ3) is 2.62. The number of benzene rings is 1. The van der Waals surface area contributed by atoms with Crippen LogP contribution >= 0.6 is 11.6 Å². The standard InChI is InChI=1S/C13H15ClO5/c1-3-17-13(16)11(15)8-6-9-12(10(14)7(8)2)19-5-4-18-9/h6,11,15H,3-5H2,1-2H3. The van der Waals surface area contributed by atoms with Crippen LogP contribution in [0.4, 0.5) is 0 Å². The molecule has 1 aliphatic rings. The Kier molecular flexibility index (Phi) is 4.17. The molecule has 1 heterocycles. The van der Waals surface area contributed by atoms with E-state index in [1.807, 2.05) is 0 Å². The number of aliphatic hydroxyl groups is 1. The third-order valence-electron chi connectivity index (χ3n) is 2.86. The van der Waals surface area contributed by atoms with E-state index in [-0.39, 0.29) is 6.61 Å². The molecule has 0 aromatic heterocycles. The Morgan fingerprint density at radius 1 is 1.53 bits per heavy atom. The summed E-state index contributed by atoms with van der Waals surface area (Å²) in [6, 6.07) is 1.57. The monoisotopic (exact) mass is 286 g/mol. The lowest BCUT2D eigenvalue weighted by Crippen LogP contribution is -2.19. The van der Waals surface area contributed by atoms with E-state index in [2.05, 4.69) is 0 Å². The average molecular weight is 287 g/mol. The van der Waals surface area contributed by atoms with Crippen LogP contribution in [0.1, 0.15) is 24.2 Å². The number of aliphatic hydroxyl groups excluding tert-OH is 1. The molecule has 0 saturated carbocycles. The number of carbonyl (C=O) groups is 1. The van der Waals surface area contributed by atoms with Crippen molar-refractivity contribution in [3.63, 3.8) is 0 Å². The second-order valence-electron chi connectivity index (χ2n) is 4.08. The number of fused-ring (bicyclic) bond motifs is 1. The van der Waals surface area contributed by atoms with E-state index in [1.165, 1.54) is 0 Å². The summed E-state index contributed by atoms with van der Waals surface area (Å²) in [6.45, 7) is 4.41. The number of halogens is 1. The Hall–Kier alpha value is -1.46. The van der Waals surface area contributed by atoms with Crippen LogP contribution < -0.4 is 9.47 Å². The Bertz CT molecular complexity index is 500. The highest BCUT2D eigenvalue weighted by Gasteiger charge is 2.27. The first-order valence-electron chi connectivity index (χ1n) is 5.99. The molecule has 1 atom stereocenters. The highest BCUT2D eigenvalue weighted by molar-refractivity contribution is 6.33. The maximum absolute atomic E-state index is 11.6. The zero-order valence-corrected chi connectivity index (χ0v) is 11.5. The fourth-order valence-electron chi connectivity index (χ4n) is 1.89. The molecule has 2 rings (SSSR count). The molecule has 1 aliphatic heterocycles. The molecule has 5 nitrogen and oxygen atoms in total. The first kappa shape index (κ1) is 14.0. The van der Waals surface area contributed by atoms with Crippen molar-refractivity contribution in [2.45, 2.75) is 20.0 Å². The smallest absolute Gasteiger partial charge is 0.339 e. The number of carbonyl (C=O) groups excluding carboxylic acids is 1. The van der Waals surface area contributed by atoms with Crippen molar-refractivity contribution in [3.05, 3.63) is 22.2 Å². The quantitative estimate of drug-likeness (QED) is 0.861. The Morgan fingerprint density at radius 2 is 2.21 bits per heavy atom. The molecule has 0 bridgehead atoms. The van der Waals surface area contributed by atoms with Crippen LogP contribution in [-0.2, 0) is 9.53 Å². The first-order chi connectivity index (χ1) is 9.06. The molecule has 1 aromatic carbocycles. The van der Waals surface area contributed by atoms with Gasteiger partial charge in [0.2, 0.25) is 0 Å².